The molecule has 2 aromatic carbocycles. The summed E-state index contributed by atoms with van der Waals surface area (Å²) in [5.41, 5.74) is 3.39. The number of carbonyl (C=O) groups is 3. The highest BCUT2D eigenvalue weighted by Gasteiger charge is 2.22. The van der Waals surface area contributed by atoms with E-state index in [1.54, 1.807) is 31.3 Å². The van der Waals surface area contributed by atoms with E-state index in [0.29, 0.717) is 43.9 Å². The number of rotatable bonds is 6. The molecule has 0 radical (unpaired) electrons. The van der Waals surface area contributed by atoms with Crippen molar-refractivity contribution >= 4 is 23.4 Å². The fourth-order valence-corrected chi connectivity index (χ4v) is 3.49. The minimum absolute atomic E-state index is 0.109. The quantitative estimate of drug-likeness (QED) is 0.762. The van der Waals surface area contributed by atoms with Gasteiger partial charge in [0.25, 0.3) is 5.91 Å². The molecular formula is C23H28N4O3. The summed E-state index contributed by atoms with van der Waals surface area (Å²) in [7, 11) is 1.58. The Morgan fingerprint density at radius 1 is 0.933 bits per heavy atom. The van der Waals surface area contributed by atoms with Crippen molar-refractivity contribution in [3.8, 4) is 0 Å². The highest BCUT2D eigenvalue weighted by Crippen LogP contribution is 2.12. The van der Waals surface area contributed by atoms with Gasteiger partial charge in [0.1, 0.15) is 0 Å². The minimum Gasteiger partial charge on any atom is -0.355 e. The molecule has 1 aliphatic heterocycles. The lowest BCUT2D eigenvalue weighted by molar-refractivity contribution is -0.132. The van der Waals surface area contributed by atoms with Crippen LogP contribution in [0.4, 0.5) is 5.69 Å². The number of amides is 3. The molecular weight excluding hydrogens is 380 g/mol. The van der Waals surface area contributed by atoms with E-state index >= 15 is 0 Å². The second-order valence-electron chi connectivity index (χ2n) is 7.46. The van der Waals surface area contributed by atoms with Crippen LogP contribution >= 0.6 is 0 Å². The van der Waals surface area contributed by atoms with Crippen LogP contribution in [0.3, 0.4) is 0 Å². The van der Waals surface area contributed by atoms with Crippen LogP contribution in [-0.4, -0.2) is 67.3 Å². The Labute approximate surface area is 177 Å². The van der Waals surface area contributed by atoms with Gasteiger partial charge in [0.15, 0.2) is 0 Å². The number of benzene rings is 2. The lowest BCUT2D eigenvalue weighted by Gasteiger charge is -2.34. The number of carbonyl (C=O) groups excluding carboxylic acids is 3. The fourth-order valence-electron chi connectivity index (χ4n) is 3.49. The molecule has 0 unspecified atom stereocenters. The van der Waals surface area contributed by atoms with Crippen molar-refractivity contribution in [3.63, 3.8) is 0 Å². The van der Waals surface area contributed by atoms with E-state index in [-0.39, 0.29) is 24.3 Å². The molecule has 1 fully saturated rings. The third-order valence-corrected chi connectivity index (χ3v) is 5.35. The van der Waals surface area contributed by atoms with Crippen molar-refractivity contribution in [1.82, 2.24) is 15.1 Å². The first-order chi connectivity index (χ1) is 14.5. The number of aryl methyl sites for hydroxylation is 1. The van der Waals surface area contributed by atoms with E-state index in [0.717, 1.165) is 11.1 Å². The summed E-state index contributed by atoms with van der Waals surface area (Å²) in [5, 5.41) is 5.42. The van der Waals surface area contributed by atoms with Crippen LogP contribution < -0.4 is 10.6 Å². The van der Waals surface area contributed by atoms with Gasteiger partial charge in [-0.2, -0.15) is 0 Å². The van der Waals surface area contributed by atoms with E-state index in [1.807, 2.05) is 41.0 Å². The molecule has 2 aromatic rings. The van der Waals surface area contributed by atoms with Gasteiger partial charge in [-0.25, -0.2) is 0 Å². The standard InChI is InChI=1S/C23H28N4O3/c1-17-5-3-4-6-19(17)15-22(29)27-13-11-26(12-14-27)16-21(28)25-20-9-7-18(8-10-20)23(30)24-2/h3-10H,11-16H2,1-2H3,(H,24,30)(H,25,28). The summed E-state index contributed by atoms with van der Waals surface area (Å²) in [5.74, 6) is -0.144. The molecule has 2 N–H and O–H groups in total. The maximum Gasteiger partial charge on any atom is 0.251 e. The normalized spacial score (nSPS) is 14.3. The van der Waals surface area contributed by atoms with E-state index in [2.05, 4.69) is 10.6 Å². The lowest BCUT2D eigenvalue weighted by atomic mass is 10.1. The van der Waals surface area contributed by atoms with Crippen molar-refractivity contribution < 1.29 is 14.4 Å². The van der Waals surface area contributed by atoms with Gasteiger partial charge in [-0.3, -0.25) is 19.3 Å². The van der Waals surface area contributed by atoms with Crippen LogP contribution in [0.5, 0.6) is 0 Å². The maximum atomic E-state index is 12.6. The van der Waals surface area contributed by atoms with Gasteiger partial charge >= 0.3 is 0 Å². The fraction of sp³-hybridized carbons (Fsp3) is 0.348. The molecule has 7 nitrogen and oxygen atoms in total. The topological polar surface area (TPSA) is 81.8 Å². The average Bonchev–Trinajstić information content (AvgIpc) is 2.75. The van der Waals surface area contributed by atoms with Crippen molar-refractivity contribution in [2.45, 2.75) is 13.3 Å². The van der Waals surface area contributed by atoms with Crippen molar-refractivity contribution in [3.05, 3.63) is 65.2 Å². The zero-order chi connectivity index (χ0) is 21.5. The predicted molar refractivity (Wildman–Crippen MR) is 116 cm³/mol. The number of nitrogens with one attached hydrogen (secondary N) is 2. The predicted octanol–water partition coefficient (Wildman–Crippen LogP) is 1.68. The summed E-state index contributed by atoms with van der Waals surface area (Å²) in [4.78, 5) is 40.4. The van der Waals surface area contributed by atoms with E-state index in [4.69, 9.17) is 0 Å². The SMILES string of the molecule is CNC(=O)c1ccc(NC(=O)CN2CCN(C(=O)Cc3ccccc3C)CC2)cc1. The van der Waals surface area contributed by atoms with E-state index in [9.17, 15) is 14.4 Å². The minimum atomic E-state index is -0.164. The third-order valence-electron chi connectivity index (χ3n) is 5.35. The molecule has 1 heterocycles. The molecule has 1 aliphatic rings. The monoisotopic (exact) mass is 408 g/mol. The molecule has 0 aliphatic carbocycles. The van der Waals surface area contributed by atoms with Crippen molar-refractivity contribution in [2.75, 3.05) is 45.1 Å². The molecule has 3 amide bonds. The smallest absolute Gasteiger partial charge is 0.251 e. The van der Waals surface area contributed by atoms with Gasteiger partial charge in [-0.1, -0.05) is 24.3 Å². The van der Waals surface area contributed by atoms with Crippen molar-refractivity contribution in [2.24, 2.45) is 0 Å². The van der Waals surface area contributed by atoms with E-state index in [1.165, 1.54) is 0 Å². The Kier molecular flexibility index (Phi) is 7.19. The van der Waals surface area contributed by atoms with Gasteiger partial charge in [0.05, 0.1) is 13.0 Å². The molecule has 0 bridgehead atoms. The molecule has 3 rings (SSSR count). The molecule has 0 spiro atoms. The molecule has 0 atom stereocenters. The Morgan fingerprint density at radius 3 is 2.23 bits per heavy atom. The number of piperazine rings is 1. The average molecular weight is 409 g/mol. The van der Waals surface area contributed by atoms with Crippen LogP contribution in [0.25, 0.3) is 0 Å². The van der Waals surface area contributed by atoms with Gasteiger partial charge < -0.3 is 15.5 Å². The Balaban J connectivity index is 1.44. The highest BCUT2D eigenvalue weighted by molar-refractivity contribution is 5.96. The zero-order valence-corrected chi connectivity index (χ0v) is 17.5. The number of hydrogen-bond donors (Lipinski definition) is 2. The Bertz CT molecular complexity index is 903. The zero-order valence-electron chi connectivity index (χ0n) is 17.5. The molecule has 158 valence electrons. The molecule has 30 heavy (non-hydrogen) atoms. The third kappa shape index (κ3) is 5.67. The first kappa shape index (κ1) is 21.5. The summed E-state index contributed by atoms with van der Waals surface area (Å²) in [6, 6.07) is 14.7. The first-order valence-electron chi connectivity index (χ1n) is 10.1. The van der Waals surface area contributed by atoms with Crippen LogP contribution in [0.15, 0.2) is 48.5 Å². The molecule has 1 saturated heterocycles. The maximum absolute atomic E-state index is 12.6. The van der Waals surface area contributed by atoms with E-state index < -0.39 is 0 Å². The van der Waals surface area contributed by atoms with Crippen LogP contribution in [0, 0.1) is 6.92 Å². The van der Waals surface area contributed by atoms with Crippen molar-refractivity contribution in [1.29, 1.82) is 0 Å². The first-order valence-corrected chi connectivity index (χ1v) is 10.1. The number of nitrogens with zero attached hydrogens (tertiary/aromatic N) is 2. The summed E-state index contributed by atoms with van der Waals surface area (Å²) in [6.07, 6.45) is 0.416. The lowest BCUT2D eigenvalue weighted by Crippen LogP contribution is -2.50. The van der Waals surface area contributed by atoms with Gasteiger partial charge in [0.2, 0.25) is 11.8 Å². The second kappa shape index (κ2) is 10.0. The number of anilines is 1. The van der Waals surface area contributed by atoms with Crippen LogP contribution in [0.1, 0.15) is 21.5 Å². The van der Waals surface area contributed by atoms with Gasteiger partial charge in [-0.05, 0) is 42.3 Å². The summed E-state index contributed by atoms with van der Waals surface area (Å²) < 4.78 is 0. The van der Waals surface area contributed by atoms with Crippen LogP contribution in [-0.2, 0) is 16.0 Å². The van der Waals surface area contributed by atoms with Gasteiger partial charge in [-0.15, -0.1) is 0 Å². The largest absolute Gasteiger partial charge is 0.355 e. The highest BCUT2D eigenvalue weighted by atomic mass is 16.2. The summed E-state index contributed by atoms with van der Waals surface area (Å²) in [6.45, 7) is 4.88. The number of hydrogen-bond acceptors (Lipinski definition) is 4. The summed E-state index contributed by atoms with van der Waals surface area (Å²) >= 11 is 0. The van der Waals surface area contributed by atoms with Crippen LogP contribution in [0.2, 0.25) is 0 Å². The van der Waals surface area contributed by atoms with Gasteiger partial charge in [0, 0.05) is 44.5 Å². The molecule has 7 heteroatoms. The Hall–Kier alpha value is -3.19. The molecule has 0 aromatic heterocycles. The molecule has 0 saturated carbocycles. The Morgan fingerprint density at radius 2 is 1.60 bits per heavy atom. The second-order valence-corrected chi connectivity index (χ2v) is 7.46.